The molecule has 1 aliphatic rings. The number of hydrogen-bond acceptors (Lipinski definition) is 6. The Hall–Kier alpha value is -2.46. The van der Waals surface area contributed by atoms with Crippen molar-refractivity contribution in [3.05, 3.63) is 57.7 Å². The molecule has 0 radical (unpaired) electrons. The molecule has 0 saturated carbocycles. The van der Waals surface area contributed by atoms with Gasteiger partial charge in [0.2, 0.25) is 0 Å². The Kier molecular flexibility index (Phi) is 3.32. The molecule has 1 atom stereocenters. The van der Waals surface area contributed by atoms with Crippen molar-refractivity contribution in [3.8, 4) is 0 Å². The topological polar surface area (TPSA) is 101 Å². The van der Waals surface area contributed by atoms with Gasteiger partial charge in [-0.3, -0.25) is 18.9 Å². The molecule has 1 unspecified atom stereocenters. The van der Waals surface area contributed by atoms with Crippen LogP contribution >= 0.6 is 11.3 Å². The zero-order valence-electron chi connectivity index (χ0n) is 11.7. The maximum absolute atomic E-state index is 12.6. The maximum atomic E-state index is 12.6. The largest absolute Gasteiger partial charge is 0.325 e. The van der Waals surface area contributed by atoms with Gasteiger partial charge < -0.3 is 0 Å². The summed E-state index contributed by atoms with van der Waals surface area (Å²) in [4.78, 5) is 37.3. The number of hydrogen-bond donors (Lipinski definition) is 1. The van der Waals surface area contributed by atoms with Gasteiger partial charge in [-0.2, -0.15) is 4.21 Å². The van der Waals surface area contributed by atoms with Crippen molar-refractivity contribution in [2.75, 3.05) is 0 Å². The monoisotopic (exact) mass is 361 g/mol. The summed E-state index contributed by atoms with van der Waals surface area (Å²) in [5.41, 5.74) is -0.202. The second-order valence-corrected chi connectivity index (χ2v) is 6.62. The van der Waals surface area contributed by atoms with E-state index in [9.17, 15) is 18.6 Å². The highest BCUT2D eigenvalue weighted by molar-refractivity contribution is 7.74. The third-order valence-corrected chi connectivity index (χ3v) is 5.18. The minimum Gasteiger partial charge on any atom is -0.289 e. The van der Waals surface area contributed by atoms with Gasteiger partial charge in [0, 0.05) is 15.5 Å². The van der Waals surface area contributed by atoms with E-state index >= 15 is 0 Å². The van der Waals surface area contributed by atoms with Gasteiger partial charge in [0.15, 0.2) is 5.43 Å². The summed E-state index contributed by atoms with van der Waals surface area (Å²) >= 11 is -1.62. The fraction of sp³-hybridized carbons (Fsp3) is 0. The molecule has 2 heterocycles. The lowest BCUT2D eigenvalue weighted by molar-refractivity contribution is -0.0111. The van der Waals surface area contributed by atoms with Gasteiger partial charge in [0.05, 0.1) is 15.8 Å². The number of fused-ring (bicyclic) bond motifs is 4. The predicted molar refractivity (Wildman–Crippen MR) is 88.0 cm³/mol. The Labute approximate surface area is 140 Å². The fourth-order valence-electron chi connectivity index (χ4n) is 2.69. The normalized spacial score (nSPS) is 15.3. The lowest BCUT2D eigenvalue weighted by Gasteiger charge is -2.08. The highest BCUT2D eigenvalue weighted by Gasteiger charge is 2.40. The highest BCUT2D eigenvalue weighted by atomic mass is 32.2. The van der Waals surface area contributed by atoms with Crippen molar-refractivity contribution in [3.63, 3.8) is 0 Å². The van der Waals surface area contributed by atoms with Gasteiger partial charge in [-0.25, -0.2) is 0 Å². The van der Waals surface area contributed by atoms with Gasteiger partial charge in [0.25, 0.3) is 11.8 Å². The Morgan fingerprint density at radius 3 is 2.50 bits per heavy atom. The van der Waals surface area contributed by atoms with Gasteiger partial charge >= 0.3 is 11.4 Å². The Balaban J connectivity index is 2.07. The number of imide groups is 1. The average Bonchev–Trinajstić information content (AvgIpc) is 2.80. The van der Waals surface area contributed by atoms with Crippen LogP contribution in [0.4, 0.5) is 0 Å². The number of amides is 2. The smallest absolute Gasteiger partial charge is 0.289 e. The Morgan fingerprint density at radius 2 is 1.75 bits per heavy atom. The summed E-state index contributed by atoms with van der Waals surface area (Å²) in [5.74, 6) is -1.71. The van der Waals surface area contributed by atoms with E-state index in [4.69, 9.17) is 4.55 Å². The predicted octanol–water partition coefficient (Wildman–Crippen LogP) is 2.08. The molecule has 4 rings (SSSR count). The Morgan fingerprint density at radius 1 is 1.00 bits per heavy atom. The van der Waals surface area contributed by atoms with Gasteiger partial charge in [-0.15, -0.1) is 20.7 Å². The van der Waals surface area contributed by atoms with Crippen molar-refractivity contribution in [2.24, 2.45) is 0 Å². The van der Waals surface area contributed by atoms with Crippen molar-refractivity contribution in [1.29, 1.82) is 0 Å². The molecule has 120 valence electrons. The van der Waals surface area contributed by atoms with E-state index in [2.05, 4.69) is 4.28 Å². The molecule has 1 aliphatic heterocycles. The first kappa shape index (κ1) is 15.1. The first-order valence-corrected chi connectivity index (χ1v) is 8.50. The average molecular weight is 361 g/mol. The second kappa shape index (κ2) is 5.28. The van der Waals surface area contributed by atoms with Crippen LogP contribution in [0.5, 0.6) is 0 Å². The van der Waals surface area contributed by atoms with Gasteiger partial charge in [-0.1, -0.05) is 12.1 Å². The van der Waals surface area contributed by atoms with E-state index < -0.39 is 23.2 Å². The molecule has 7 nitrogen and oxygen atoms in total. The number of carbonyl (C=O) groups excluding carboxylic acids is 2. The van der Waals surface area contributed by atoms with Crippen molar-refractivity contribution >= 4 is 54.7 Å². The second-order valence-electron chi connectivity index (χ2n) is 4.99. The summed E-state index contributed by atoms with van der Waals surface area (Å²) < 4.78 is 25.0. The Bertz CT molecular complexity index is 1140. The van der Waals surface area contributed by atoms with Crippen LogP contribution in [0.1, 0.15) is 20.7 Å². The summed E-state index contributed by atoms with van der Waals surface area (Å²) in [7, 11) is 0. The molecule has 2 amide bonds. The zero-order chi connectivity index (χ0) is 17.0. The van der Waals surface area contributed by atoms with Crippen molar-refractivity contribution < 1.29 is 22.6 Å². The number of nitrogens with zero attached hydrogens (tertiary/aromatic N) is 1. The van der Waals surface area contributed by atoms with Gasteiger partial charge in [0.1, 0.15) is 0 Å². The first-order valence-electron chi connectivity index (χ1n) is 6.65. The van der Waals surface area contributed by atoms with Crippen molar-refractivity contribution in [2.45, 2.75) is 0 Å². The van der Waals surface area contributed by atoms with E-state index in [0.29, 0.717) is 20.2 Å². The summed E-state index contributed by atoms with van der Waals surface area (Å²) in [5, 5.41) is 1.08. The number of rotatable bonds is 2. The highest BCUT2D eigenvalue weighted by Crippen LogP contribution is 2.34. The van der Waals surface area contributed by atoms with Crippen molar-refractivity contribution in [1.82, 2.24) is 5.06 Å². The first-order chi connectivity index (χ1) is 11.5. The van der Waals surface area contributed by atoms with Crippen LogP contribution < -0.4 is 5.43 Å². The fourth-order valence-corrected chi connectivity index (χ4v) is 4.16. The van der Waals surface area contributed by atoms with E-state index in [1.54, 1.807) is 24.3 Å². The number of benzene rings is 2. The quantitative estimate of drug-likeness (QED) is 0.426. The van der Waals surface area contributed by atoms with E-state index in [1.807, 2.05) is 0 Å². The van der Waals surface area contributed by atoms with E-state index in [0.717, 1.165) is 0 Å². The molecule has 0 fully saturated rings. The van der Waals surface area contributed by atoms with E-state index in [1.165, 1.54) is 23.5 Å². The summed E-state index contributed by atoms with van der Waals surface area (Å²) in [6.07, 6.45) is 0. The van der Waals surface area contributed by atoms with Crippen LogP contribution in [0.2, 0.25) is 0 Å². The minimum absolute atomic E-state index is 0.0100. The maximum Gasteiger partial charge on any atom is 0.325 e. The molecule has 24 heavy (non-hydrogen) atoms. The van der Waals surface area contributed by atoms with Crippen LogP contribution in [0.3, 0.4) is 0 Å². The molecule has 0 bridgehead atoms. The summed E-state index contributed by atoms with van der Waals surface area (Å²) in [6, 6.07) is 9.78. The minimum atomic E-state index is -2.82. The van der Waals surface area contributed by atoms with Crippen LogP contribution in [0, 0.1) is 0 Å². The van der Waals surface area contributed by atoms with Crippen LogP contribution in [0.15, 0.2) is 41.2 Å². The summed E-state index contributed by atoms with van der Waals surface area (Å²) in [6.45, 7) is 0. The van der Waals surface area contributed by atoms with Crippen LogP contribution in [0.25, 0.3) is 20.2 Å². The molecule has 1 aromatic heterocycles. The SMILES string of the molecule is O=C1c2ccc3c(=O)c4ccccc4sc3c2C(=O)N1OS(=O)O. The third-order valence-electron chi connectivity index (χ3n) is 3.70. The molecule has 0 aliphatic carbocycles. The molecule has 0 saturated heterocycles. The van der Waals surface area contributed by atoms with Gasteiger partial charge in [-0.05, 0) is 24.3 Å². The zero-order valence-corrected chi connectivity index (χ0v) is 13.3. The lowest BCUT2D eigenvalue weighted by Crippen LogP contribution is -2.30. The molecule has 0 spiro atoms. The standard InChI is InChI=1S/C15H7NO6S2/c17-12-7-3-1-2-4-10(7)23-13-9(12)6-5-8-11(13)15(19)16(14(8)18)22-24(20)21/h1-6H,(H,20,21). The molecular weight excluding hydrogens is 354 g/mol. The van der Waals surface area contributed by atoms with Crippen LogP contribution in [-0.4, -0.2) is 25.6 Å². The number of carbonyl (C=O) groups is 2. The molecular formula is C15H7NO6S2. The molecule has 1 N–H and O–H groups in total. The number of hydroxylamine groups is 2. The van der Waals surface area contributed by atoms with E-state index in [-0.39, 0.29) is 21.6 Å². The third kappa shape index (κ3) is 2.03. The molecule has 9 heteroatoms. The van der Waals surface area contributed by atoms with Crippen LogP contribution in [-0.2, 0) is 15.6 Å². The molecule has 3 aromatic rings. The molecule has 2 aromatic carbocycles. The lowest BCUT2D eigenvalue weighted by atomic mass is 10.1.